The van der Waals surface area contributed by atoms with Gasteiger partial charge in [0.15, 0.2) is 23.0 Å². The van der Waals surface area contributed by atoms with E-state index in [-0.39, 0.29) is 22.8 Å². The zero-order valence-electron chi connectivity index (χ0n) is 13.1. The molecule has 0 heterocycles. The first-order valence-electron chi connectivity index (χ1n) is 6.64. The van der Waals surface area contributed by atoms with Crippen molar-refractivity contribution in [1.82, 2.24) is 4.90 Å². The summed E-state index contributed by atoms with van der Waals surface area (Å²) < 4.78 is 10.2. The largest absolute Gasteiger partial charge is 0.493 e. The molecule has 10 nitrogen and oxygen atoms in total. The lowest BCUT2D eigenvalue weighted by atomic mass is 10.1. The van der Waals surface area contributed by atoms with Gasteiger partial charge >= 0.3 is 11.9 Å². The zero-order valence-corrected chi connectivity index (χ0v) is 13.1. The van der Waals surface area contributed by atoms with E-state index in [1.165, 1.54) is 26.4 Å². The van der Waals surface area contributed by atoms with Crippen LogP contribution >= 0.6 is 0 Å². The minimum Gasteiger partial charge on any atom is -0.493 e. The second-order valence-electron chi connectivity index (χ2n) is 4.65. The van der Waals surface area contributed by atoms with Crippen molar-refractivity contribution in [3.05, 3.63) is 17.7 Å². The molecule has 0 spiro atoms. The molecule has 0 saturated carbocycles. The van der Waals surface area contributed by atoms with E-state index in [1.54, 1.807) is 0 Å². The van der Waals surface area contributed by atoms with Crippen molar-refractivity contribution >= 4 is 17.7 Å². The molecule has 24 heavy (non-hydrogen) atoms. The number of rotatable bonds is 10. The van der Waals surface area contributed by atoms with Crippen LogP contribution in [0.25, 0.3) is 0 Å². The molecule has 1 aromatic carbocycles. The maximum absolute atomic E-state index is 12.5. The number of aliphatic carboxylic acids is 2. The fraction of sp³-hybridized carbons (Fsp3) is 0.357. The molecule has 0 atom stereocenters. The fourth-order valence-electron chi connectivity index (χ4n) is 2.10. The first-order valence-corrected chi connectivity index (χ1v) is 6.64. The maximum Gasteiger partial charge on any atom is 0.317 e. The van der Waals surface area contributed by atoms with Gasteiger partial charge in [0.1, 0.15) is 5.56 Å². The van der Waals surface area contributed by atoms with Crippen molar-refractivity contribution in [1.29, 1.82) is 0 Å². The van der Waals surface area contributed by atoms with Crippen molar-refractivity contribution in [2.45, 2.75) is 0 Å². The average molecular weight is 342 g/mol. The van der Waals surface area contributed by atoms with Crippen LogP contribution in [0, 0.1) is 0 Å². The third-order valence-electron chi connectivity index (χ3n) is 3.00. The first-order chi connectivity index (χ1) is 11.3. The predicted molar refractivity (Wildman–Crippen MR) is 80.4 cm³/mol. The summed E-state index contributed by atoms with van der Waals surface area (Å²) >= 11 is 0. The molecule has 0 saturated heterocycles. The van der Waals surface area contributed by atoms with E-state index in [0.29, 0.717) is 0 Å². The van der Waals surface area contributed by atoms with E-state index in [9.17, 15) is 14.4 Å². The number of hydrogen-bond donors (Lipinski definition) is 3. The van der Waals surface area contributed by atoms with Crippen LogP contribution in [-0.2, 0) is 9.59 Å². The second-order valence-corrected chi connectivity index (χ2v) is 4.65. The number of carboxylic acid groups (broad SMARTS) is 2. The molecule has 4 N–H and O–H groups in total. The van der Waals surface area contributed by atoms with Gasteiger partial charge in [0.2, 0.25) is 0 Å². The Labute approximate surface area is 137 Å². The van der Waals surface area contributed by atoms with Crippen LogP contribution in [0.2, 0.25) is 0 Å². The number of methoxy groups -OCH3 is 2. The van der Waals surface area contributed by atoms with E-state index in [4.69, 9.17) is 25.6 Å². The molecule has 0 aliphatic heterocycles. The Morgan fingerprint density at radius 2 is 1.54 bits per heavy atom. The van der Waals surface area contributed by atoms with Gasteiger partial charge in [0.05, 0.1) is 33.9 Å². The zero-order chi connectivity index (χ0) is 18.3. The topological polar surface area (TPSA) is 149 Å². The number of benzene rings is 1. The molecule has 1 aromatic rings. The van der Waals surface area contributed by atoms with E-state index in [2.05, 4.69) is 4.84 Å². The highest BCUT2D eigenvalue weighted by Crippen LogP contribution is 2.37. The number of nitrogens with zero attached hydrogens (tertiary/aromatic N) is 1. The molecule has 0 aliphatic carbocycles. The normalized spacial score (nSPS) is 10.3. The number of carboxylic acids is 2. The quantitative estimate of drug-likeness (QED) is 0.379. The van der Waals surface area contributed by atoms with Crippen LogP contribution in [0.1, 0.15) is 10.4 Å². The molecule has 0 amide bonds. The second kappa shape index (κ2) is 8.70. The molecule has 0 fully saturated rings. The molecular formula is C14H18N2O8. The molecule has 10 heteroatoms. The smallest absolute Gasteiger partial charge is 0.317 e. The van der Waals surface area contributed by atoms with Gasteiger partial charge in [0, 0.05) is 0 Å². The number of ether oxygens (including phenoxy) is 2. The Kier molecular flexibility index (Phi) is 6.96. The number of carbonyl (C=O) groups is 3. The Balaban J connectivity index is 3.20. The van der Waals surface area contributed by atoms with Crippen LogP contribution in [-0.4, -0.2) is 66.7 Å². The van der Waals surface area contributed by atoms with Gasteiger partial charge in [-0.2, -0.15) is 5.90 Å². The third kappa shape index (κ3) is 4.83. The number of Topliss-reactive ketones (excluding diaryl/α,β-unsaturated/α-hetero) is 1. The van der Waals surface area contributed by atoms with Crippen molar-refractivity contribution in [3.8, 4) is 17.2 Å². The van der Waals surface area contributed by atoms with Crippen LogP contribution in [0.3, 0.4) is 0 Å². The SMILES string of the molecule is COc1ccc(ON)c(C(=O)CN(CC(=O)O)CC(=O)O)c1OC. The summed E-state index contributed by atoms with van der Waals surface area (Å²) in [5.74, 6) is 2.26. The Hall–Kier alpha value is -2.85. The molecule has 0 aromatic heterocycles. The molecule has 1 rings (SSSR count). The highest BCUT2D eigenvalue weighted by atomic mass is 16.6. The van der Waals surface area contributed by atoms with Crippen molar-refractivity contribution in [2.24, 2.45) is 5.90 Å². The van der Waals surface area contributed by atoms with E-state index >= 15 is 0 Å². The monoisotopic (exact) mass is 342 g/mol. The number of carbonyl (C=O) groups excluding carboxylic acids is 1. The lowest BCUT2D eigenvalue weighted by Gasteiger charge is -2.19. The minimum atomic E-state index is -1.27. The van der Waals surface area contributed by atoms with E-state index < -0.39 is 37.4 Å². The van der Waals surface area contributed by atoms with Gasteiger partial charge in [-0.05, 0) is 12.1 Å². The number of hydrogen-bond acceptors (Lipinski definition) is 8. The molecular weight excluding hydrogens is 324 g/mol. The van der Waals surface area contributed by atoms with Crippen LogP contribution in [0.15, 0.2) is 12.1 Å². The molecule has 132 valence electrons. The maximum atomic E-state index is 12.5. The van der Waals surface area contributed by atoms with E-state index in [1.807, 2.05) is 0 Å². The standard InChI is InChI=1S/C14H18N2O8/c1-22-10-4-3-9(24-15)13(14(10)23-2)8(17)5-16(6-11(18)19)7-12(20)21/h3-4H,5-7,15H2,1-2H3,(H,18,19)(H,20,21). The summed E-state index contributed by atoms with van der Waals surface area (Å²) in [4.78, 5) is 39.8. The van der Waals surface area contributed by atoms with Gasteiger partial charge in [0.25, 0.3) is 0 Å². The summed E-state index contributed by atoms with van der Waals surface area (Å²) in [6.07, 6.45) is 0. The summed E-state index contributed by atoms with van der Waals surface area (Å²) in [7, 11) is 2.68. The average Bonchev–Trinajstić information content (AvgIpc) is 2.51. The molecule has 0 aliphatic rings. The molecule has 0 radical (unpaired) electrons. The summed E-state index contributed by atoms with van der Waals surface area (Å²) in [5, 5.41) is 17.7. The van der Waals surface area contributed by atoms with Crippen molar-refractivity contribution < 1.29 is 38.9 Å². The third-order valence-corrected chi connectivity index (χ3v) is 3.00. The summed E-state index contributed by atoms with van der Waals surface area (Å²) in [6, 6.07) is 2.86. The lowest BCUT2D eigenvalue weighted by Crippen LogP contribution is -2.38. The van der Waals surface area contributed by atoms with Gasteiger partial charge in [-0.3, -0.25) is 19.3 Å². The highest BCUT2D eigenvalue weighted by molar-refractivity contribution is 6.03. The first kappa shape index (κ1) is 19.2. The van der Waals surface area contributed by atoms with Gasteiger partial charge in [-0.1, -0.05) is 0 Å². The number of nitrogens with two attached hydrogens (primary N) is 1. The Bertz CT molecular complexity index is 615. The lowest BCUT2D eigenvalue weighted by molar-refractivity contribution is -0.141. The van der Waals surface area contributed by atoms with Crippen LogP contribution < -0.4 is 20.2 Å². The Morgan fingerprint density at radius 3 is 1.96 bits per heavy atom. The molecule has 0 unspecified atom stereocenters. The molecule has 0 bridgehead atoms. The summed E-state index contributed by atoms with van der Waals surface area (Å²) in [6.45, 7) is -1.73. The summed E-state index contributed by atoms with van der Waals surface area (Å²) in [5.41, 5.74) is -0.0693. The van der Waals surface area contributed by atoms with Crippen LogP contribution in [0.4, 0.5) is 0 Å². The fourth-order valence-corrected chi connectivity index (χ4v) is 2.10. The Morgan fingerprint density at radius 1 is 1.00 bits per heavy atom. The van der Waals surface area contributed by atoms with Gasteiger partial charge < -0.3 is 24.5 Å². The predicted octanol–water partition coefficient (Wildman–Crippen LogP) is -0.390. The van der Waals surface area contributed by atoms with Gasteiger partial charge in [-0.15, -0.1) is 0 Å². The van der Waals surface area contributed by atoms with E-state index in [0.717, 1.165) is 4.90 Å². The van der Waals surface area contributed by atoms with Crippen LogP contribution in [0.5, 0.6) is 17.2 Å². The number of ketones is 1. The minimum absolute atomic E-state index is 0.0109. The van der Waals surface area contributed by atoms with Crippen molar-refractivity contribution in [2.75, 3.05) is 33.9 Å². The highest BCUT2D eigenvalue weighted by Gasteiger charge is 2.26. The van der Waals surface area contributed by atoms with Gasteiger partial charge in [-0.25, -0.2) is 0 Å². The van der Waals surface area contributed by atoms with Crippen molar-refractivity contribution in [3.63, 3.8) is 0 Å².